The van der Waals surface area contributed by atoms with Crippen molar-refractivity contribution in [3.63, 3.8) is 0 Å². The number of aliphatic hydroxyl groups excluding tert-OH is 1. The first-order valence-electron chi connectivity index (χ1n) is 9.42. The normalized spacial score (nSPS) is 24.6. The summed E-state index contributed by atoms with van der Waals surface area (Å²) in [4.78, 5) is 19.5. The molecular weight excluding hydrogens is 328 g/mol. The molecule has 1 saturated carbocycles. The molecule has 0 spiro atoms. The lowest BCUT2D eigenvalue weighted by atomic mass is 9.68. The van der Waals surface area contributed by atoms with Crippen LogP contribution in [0.25, 0.3) is 10.9 Å². The van der Waals surface area contributed by atoms with Crippen molar-refractivity contribution in [2.75, 3.05) is 26.8 Å². The van der Waals surface area contributed by atoms with Gasteiger partial charge in [0.1, 0.15) is 0 Å². The Balaban J connectivity index is 1.45. The minimum atomic E-state index is -0.494. The number of carbonyl (C=O) groups is 1. The first-order valence-corrected chi connectivity index (χ1v) is 9.42. The standard InChI is InChI=1S/C21H26N2O3/c1-26-14-21(9-4-10-21)20(25)23-12-16(19(24)13-23)11-17-8-7-15-5-2-3-6-18(15)22-17/h2-3,5-8,16,19,24H,4,9-14H2,1H3. The molecule has 5 heteroatoms. The number of fused-ring (bicyclic) bond motifs is 1. The van der Waals surface area contributed by atoms with Crippen molar-refractivity contribution in [3.05, 3.63) is 42.1 Å². The molecule has 1 aliphatic carbocycles. The molecule has 26 heavy (non-hydrogen) atoms. The number of likely N-dealkylation sites (tertiary alicyclic amines) is 1. The Labute approximate surface area is 154 Å². The zero-order chi connectivity index (χ0) is 18.1. The Kier molecular flexibility index (Phi) is 4.67. The zero-order valence-electron chi connectivity index (χ0n) is 15.2. The molecule has 1 aromatic heterocycles. The first-order chi connectivity index (χ1) is 12.6. The number of aliphatic hydroxyl groups is 1. The third-order valence-electron chi connectivity index (χ3n) is 6.01. The number of benzene rings is 1. The summed E-state index contributed by atoms with van der Waals surface area (Å²) in [7, 11) is 1.65. The van der Waals surface area contributed by atoms with E-state index in [0.717, 1.165) is 35.9 Å². The maximum atomic E-state index is 13.0. The topological polar surface area (TPSA) is 62.7 Å². The molecule has 2 aliphatic rings. The summed E-state index contributed by atoms with van der Waals surface area (Å²) in [5, 5.41) is 11.6. The third-order valence-corrected chi connectivity index (χ3v) is 6.01. The Morgan fingerprint density at radius 1 is 1.27 bits per heavy atom. The second-order valence-corrected chi connectivity index (χ2v) is 7.80. The highest BCUT2D eigenvalue weighted by atomic mass is 16.5. The van der Waals surface area contributed by atoms with Gasteiger partial charge in [-0.3, -0.25) is 9.78 Å². The summed E-state index contributed by atoms with van der Waals surface area (Å²) >= 11 is 0. The van der Waals surface area contributed by atoms with Crippen molar-refractivity contribution >= 4 is 16.8 Å². The average Bonchev–Trinajstić information content (AvgIpc) is 2.98. The minimum Gasteiger partial charge on any atom is -0.391 e. The van der Waals surface area contributed by atoms with E-state index in [4.69, 9.17) is 9.72 Å². The molecule has 2 aromatic rings. The predicted molar refractivity (Wildman–Crippen MR) is 99.7 cm³/mol. The Hall–Kier alpha value is -1.98. The van der Waals surface area contributed by atoms with E-state index in [1.807, 2.05) is 35.2 Å². The highest BCUT2D eigenvalue weighted by Gasteiger charge is 2.48. The number of aromatic nitrogens is 1. The van der Waals surface area contributed by atoms with Crippen LogP contribution < -0.4 is 0 Å². The number of rotatable bonds is 5. The maximum Gasteiger partial charge on any atom is 0.231 e. The molecule has 2 unspecified atom stereocenters. The lowest BCUT2D eigenvalue weighted by Gasteiger charge is -2.42. The van der Waals surface area contributed by atoms with Gasteiger partial charge in [-0.2, -0.15) is 0 Å². The average molecular weight is 354 g/mol. The number of pyridine rings is 1. The van der Waals surface area contributed by atoms with Crippen molar-refractivity contribution in [2.45, 2.75) is 31.8 Å². The van der Waals surface area contributed by atoms with Crippen molar-refractivity contribution in [1.82, 2.24) is 9.88 Å². The molecule has 2 atom stereocenters. The van der Waals surface area contributed by atoms with Gasteiger partial charge >= 0.3 is 0 Å². The molecule has 5 nitrogen and oxygen atoms in total. The summed E-state index contributed by atoms with van der Waals surface area (Å²) in [6.45, 7) is 1.50. The molecule has 4 rings (SSSR count). The zero-order valence-corrected chi connectivity index (χ0v) is 15.2. The van der Waals surface area contributed by atoms with E-state index in [1.165, 1.54) is 0 Å². The highest BCUT2D eigenvalue weighted by Crippen LogP contribution is 2.43. The maximum absolute atomic E-state index is 13.0. The lowest BCUT2D eigenvalue weighted by molar-refractivity contribution is -0.151. The third kappa shape index (κ3) is 3.10. The van der Waals surface area contributed by atoms with Gasteiger partial charge in [0, 0.05) is 37.2 Å². The quantitative estimate of drug-likeness (QED) is 0.896. The van der Waals surface area contributed by atoms with Gasteiger partial charge in [0.25, 0.3) is 0 Å². The van der Waals surface area contributed by atoms with E-state index < -0.39 is 6.10 Å². The Bertz CT molecular complexity index is 803. The number of β-amino-alcohol motifs (C(OH)–C–C–N with tert-alkyl or cyclic N) is 1. The number of hydrogen-bond donors (Lipinski definition) is 1. The van der Waals surface area contributed by atoms with Crippen molar-refractivity contribution in [2.24, 2.45) is 11.3 Å². The number of hydrogen-bond acceptors (Lipinski definition) is 4. The van der Waals surface area contributed by atoms with Crippen LogP contribution in [0.15, 0.2) is 36.4 Å². The summed E-state index contributed by atoms with van der Waals surface area (Å²) in [6, 6.07) is 12.1. The van der Waals surface area contributed by atoms with E-state index in [9.17, 15) is 9.90 Å². The molecular formula is C21H26N2O3. The smallest absolute Gasteiger partial charge is 0.231 e. The Morgan fingerprint density at radius 2 is 2.08 bits per heavy atom. The molecule has 1 N–H and O–H groups in total. The number of amides is 1. The van der Waals surface area contributed by atoms with Crippen LogP contribution in [0.3, 0.4) is 0 Å². The largest absolute Gasteiger partial charge is 0.391 e. The lowest BCUT2D eigenvalue weighted by Crippen LogP contribution is -2.50. The fourth-order valence-corrected chi connectivity index (χ4v) is 4.35. The van der Waals surface area contributed by atoms with Gasteiger partial charge in [-0.25, -0.2) is 0 Å². The van der Waals surface area contributed by atoms with Gasteiger partial charge in [0.05, 0.1) is 23.6 Å². The van der Waals surface area contributed by atoms with Crippen LogP contribution >= 0.6 is 0 Å². The van der Waals surface area contributed by atoms with Gasteiger partial charge in [0.15, 0.2) is 0 Å². The van der Waals surface area contributed by atoms with Crippen molar-refractivity contribution < 1.29 is 14.6 Å². The first kappa shape index (κ1) is 17.4. The summed E-state index contributed by atoms with van der Waals surface area (Å²) < 4.78 is 5.30. The van der Waals surface area contributed by atoms with Crippen LogP contribution in [-0.2, 0) is 16.0 Å². The van der Waals surface area contributed by atoms with Gasteiger partial charge < -0.3 is 14.7 Å². The van der Waals surface area contributed by atoms with Crippen molar-refractivity contribution in [3.8, 4) is 0 Å². The van der Waals surface area contributed by atoms with E-state index >= 15 is 0 Å². The minimum absolute atomic E-state index is 0.0345. The SMILES string of the molecule is COCC1(C(=O)N2CC(O)C(Cc3ccc4ccccc4n3)C2)CCC1. The molecule has 0 bridgehead atoms. The number of ether oxygens (including phenoxy) is 1. The second kappa shape index (κ2) is 6.97. The summed E-state index contributed by atoms with van der Waals surface area (Å²) in [5.74, 6) is 0.186. The van der Waals surface area contributed by atoms with Crippen LogP contribution in [0.2, 0.25) is 0 Å². The van der Waals surface area contributed by atoms with Gasteiger partial charge in [0.2, 0.25) is 5.91 Å². The monoisotopic (exact) mass is 354 g/mol. The number of para-hydroxylation sites is 1. The fourth-order valence-electron chi connectivity index (χ4n) is 4.35. The number of methoxy groups -OCH3 is 1. The van der Waals surface area contributed by atoms with Gasteiger partial charge in [-0.15, -0.1) is 0 Å². The number of nitrogens with zero attached hydrogens (tertiary/aromatic N) is 2. The number of carbonyl (C=O) groups excluding carboxylic acids is 1. The molecule has 0 radical (unpaired) electrons. The fraction of sp³-hybridized carbons (Fsp3) is 0.524. The van der Waals surface area contributed by atoms with Crippen LogP contribution in [0.1, 0.15) is 25.0 Å². The molecule has 1 amide bonds. The van der Waals surface area contributed by atoms with Gasteiger partial charge in [-0.1, -0.05) is 30.7 Å². The predicted octanol–water partition coefficient (Wildman–Crippen LogP) is 2.41. The molecule has 2 fully saturated rings. The Morgan fingerprint density at radius 3 is 2.81 bits per heavy atom. The van der Waals surface area contributed by atoms with Crippen LogP contribution in [0.4, 0.5) is 0 Å². The van der Waals surface area contributed by atoms with Crippen LogP contribution in [0, 0.1) is 11.3 Å². The van der Waals surface area contributed by atoms with E-state index in [1.54, 1.807) is 7.11 Å². The molecule has 1 aromatic carbocycles. The van der Waals surface area contributed by atoms with Crippen LogP contribution in [0.5, 0.6) is 0 Å². The summed E-state index contributed by atoms with van der Waals surface area (Å²) in [6.07, 6.45) is 3.06. The second-order valence-electron chi connectivity index (χ2n) is 7.80. The van der Waals surface area contributed by atoms with Crippen molar-refractivity contribution in [1.29, 1.82) is 0 Å². The van der Waals surface area contributed by atoms with Gasteiger partial charge in [-0.05, 0) is 31.4 Å². The van der Waals surface area contributed by atoms with E-state index in [-0.39, 0.29) is 17.2 Å². The molecule has 1 saturated heterocycles. The summed E-state index contributed by atoms with van der Waals surface area (Å²) in [5.41, 5.74) is 1.58. The van der Waals surface area contributed by atoms with E-state index in [2.05, 4.69) is 6.07 Å². The molecule has 1 aliphatic heterocycles. The van der Waals surface area contributed by atoms with E-state index in [0.29, 0.717) is 26.1 Å². The molecule has 2 heterocycles. The highest BCUT2D eigenvalue weighted by molar-refractivity contribution is 5.84. The molecule has 138 valence electrons. The van der Waals surface area contributed by atoms with Crippen LogP contribution in [-0.4, -0.2) is 53.8 Å².